The first-order valence-electron chi connectivity index (χ1n) is 7.99. The molecule has 0 unspecified atom stereocenters. The Morgan fingerprint density at radius 3 is 2.75 bits per heavy atom. The number of fused-ring (bicyclic) bond motifs is 1. The van der Waals surface area contributed by atoms with E-state index in [0.717, 1.165) is 16.7 Å². The van der Waals surface area contributed by atoms with E-state index < -0.39 is 17.8 Å². The standard InChI is InChI=1S/C16H21N5O3/c1-10-14-13(20(2)19-10)9-18-21(14)8-7-17-15(22)11-5-3-4-6-12(11)16(23)24/h3-4,9,11-12H,5-8H2,1-2H3,(H,17,22)(H,23,24)/t11-,12+/m0/s1. The van der Waals surface area contributed by atoms with Crippen LogP contribution >= 0.6 is 0 Å². The number of carbonyl (C=O) groups is 2. The Bertz CT molecular complexity index is 804. The van der Waals surface area contributed by atoms with Crippen LogP contribution in [-0.4, -0.2) is 43.1 Å². The van der Waals surface area contributed by atoms with Crippen LogP contribution in [-0.2, 0) is 23.2 Å². The summed E-state index contributed by atoms with van der Waals surface area (Å²) in [5.41, 5.74) is 2.79. The van der Waals surface area contributed by atoms with Gasteiger partial charge >= 0.3 is 5.97 Å². The molecule has 2 heterocycles. The summed E-state index contributed by atoms with van der Waals surface area (Å²) in [4.78, 5) is 23.6. The molecule has 0 aliphatic heterocycles. The zero-order valence-electron chi connectivity index (χ0n) is 13.8. The van der Waals surface area contributed by atoms with Gasteiger partial charge in [-0.15, -0.1) is 0 Å². The lowest BCUT2D eigenvalue weighted by Gasteiger charge is -2.24. The Hall–Kier alpha value is -2.64. The summed E-state index contributed by atoms with van der Waals surface area (Å²) in [6.45, 7) is 2.84. The predicted octanol–water partition coefficient (Wildman–Crippen LogP) is 0.861. The zero-order valence-corrected chi connectivity index (χ0v) is 13.8. The van der Waals surface area contributed by atoms with Crippen molar-refractivity contribution in [3.05, 3.63) is 24.0 Å². The summed E-state index contributed by atoms with van der Waals surface area (Å²) in [6, 6.07) is 0. The van der Waals surface area contributed by atoms with E-state index in [4.69, 9.17) is 0 Å². The highest BCUT2D eigenvalue weighted by molar-refractivity contribution is 5.85. The molecule has 0 saturated heterocycles. The minimum absolute atomic E-state index is 0.210. The summed E-state index contributed by atoms with van der Waals surface area (Å²) < 4.78 is 3.59. The Balaban J connectivity index is 1.62. The number of aliphatic carboxylic acids is 1. The molecule has 8 heteroatoms. The van der Waals surface area contributed by atoms with Gasteiger partial charge in [0.2, 0.25) is 5.91 Å². The van der Waals surface area contributed by atoms with Crippen LogP contribution in [0.25, 0.3) is 11.0 Å². The number of rotatable bonds is 5. The molecule has 2 aromatic rings. The van der Waals surface area contributed by atoms with Crippen molar-refractivity contribution in [2.45, 2.75) is 26.3 Å². The number of carbonyl (C=O) groups excluding carboxylic acids is 1. The van der Waals surface area contributed by atoms with Crippen LogP contribution in [0, 0.1) is 18.8 Å². The summed E-state index contributed by atoms with van der Waals surface area (Å²) in [5.74, 6) is -2.28. The van der Waals surface area contributed by atoms with E-state index in [-0.39, 0.29) is 5.91 Å². The molecular formula is C16H21N5O3. The van der Waals surface area contributed by atoms with Gasteiger partial charge in [-0.05, 0) is 19.8 Å². The second-order valence-electron chi connectivity index (χ2n) is 6.10. The Morgan fingerprint density at radius 2 is 2.04 bits per heavy atom. The molecule has 0 aromatic carbocycles. The first kappa shape index (κ1) is 16.2. The van der Waals surface area contributed by atoms with E-state index in [1.54, 1.807) is 10.9 Å². The van der Waals surface area contributed by atoms with Gasteiger partial charge in [0.25, 0.3) is 0 Å². The van der Waals surface area contributed by atoms with Crippen molar-refractivity contribution in [1.82, 2.24) is 24.9 Å². The third-order valence-electron chi connectivity index (χ3n) is 4.52. The van der Waals surface area contributed by atoms with Gasteiger partial charge in [0.1, 0.15) is 11.0 Å². The van der Waals surface area contributed by atoms with Crippen molar-refractivity contribution in [1.29, 1.82) is 0 Å². The van der Waals surface area contributed by atoms with Crippen molar-refractivity contribution < 1.29 is 14.7 Å². The molecule has 0 fully saturated rings. The van der Waals surface area contributed by atoms with Crippen LogP contribution in [0.2, 0.25) is 0 Å². The molecule has 3 rings (SSSR count). The number of hydrogen-bond donors (Lipinski definition) is 2. The fourth-order valence-electron chi connectivity index (χ4n) is 3.27. The number of aromatic nitrogens is 4. The number of hydrogen-bond acceptors (Lipinski definition) is 4. The minimum Gasteiger partial charge on any atom is -0.481 e. The lowest BCUT2D eigenvalue weighted by atomic mass is 9.82. The molecule has 2 N–H and O–H groups in total. The third-order valence-corrected chi connectivity index (χ3v) is 4.52. The highest BCUT2D eigenvalue weighted by Gasteiger charge is 2.33. The molecule has 128 valence electrons. The molecule has 2 atom stereocenters. The molecule has 0 bridgehead atoms. The minimum atomic E-state index is -0.917. The lowest BCUT2D eigenvalue weighted by Crippen LogP contribution is -2.39. The highest BCUT2D eigenvalue weighted by atomic mass is 16.4. The SMILES string of the molecule is Cc1nn(C)c2cnn(CCNC(=O)[C@H]3CC=CC[C@H]3C(=O)O)c12. The van der Waals surface area contributed by atoms with E-state index in [1.807, 2.05) is 30.8 Å². The second kappa shape index (κ2) is 6.46. The average molecular weight is 331 g/mol. The van der Waals surface area contributed by atoms with E-state index in [9.17, 15) is 14.7 Å². The molecule has 1 amide bonds. The number of amides is 1. The summed E-state index contributed by atoms with van der Waals surface area (Å²) >= 11 is 0. The molecule has 1 aliphatic carbocycles. The molecule has 8 nitrogen and oxygen atoms in total. The van der Waals surface area contributed by atoms with E-state index in [2.05, 4.69) is 15.5 Å². The fourth-order valence-corrected chi connectivity index (χ4v) is 3.27. The smallest absolute Gasteiger partial charge is 0.307 e. The summed E-state index contributed by atoms with van der Waals surface area (Å²) in [5, 5.41) is 20.8. The molecule has 0 radical (unpaired) electrons. The van der Waals surface area contributed by atoms with Crippen LogP contribution in [0.5, 0.6) is 0 Å². The summed E-state index contributed by atoms with van der Waals surface area (Å²) in [7, 11) is 1.87. The van der Waals surface area contributed by atoms with Crippen molar-refractivity contribution >= 4 is 22.9 Å². The Kier molecular flexibility index (Phi) is 4.37. The molecule has 0 spiro atoms. The monoisotopic (exact) mass is 331 g/mol. The van der Waals surface area contributed by atoms with Gasteiger partial charge in [-0.2, -0.15) is 10.2 Å². The van der Waals surface area contributed by atoms with Crippen molar-refractivity contribution in [2.75, 3.05) is 6.54 Å². The molecule has 0 saturated carbocycles. The summed E-state index contributed by atoms with van der Waals surface area (Å²) in [6.07, 6.45) is 6.33. The lowest BCUT2D eigenvalue weighted by molar-refractivity contribution is -0.147. The number of allylic oxidation sites excluding steroid dienone is 2. The quantitative estimate of drug-likeness (QED) is 0.791. The number of aryl methyl sites for hydroxylation is 2. The average Bonchev–Trinajstić information content (AvgIpc) is 3.10. The van der Waals surface area contributed by atoms with Crippen molar-refractivity contribution in [3.8, 4) is 0 Å². The van der Waals surface area contributed by atoms with Gasteiger partial charge in [0.15, 0.2) is 0 Å². The number of carboxylic acid groups (broad SMARTS) is 1. The topological polar surface area (TPSA) is 102 Å². The van der Waals surface area contributed by atoms with Crippen LogP contribution < -0.4 is 5.32 Å². The first-order valence-corrected chi connectivity index (χ1v) is 7.99. The maximum Gasteiger partial charge on any atom is 0.307 e. The highest BCUT2D eigenvalue weighted by Crippen LogP contribution is 2.26. The second-order valence-corrected chi connectivity index (χ2v) is 6.10. The maximum absolute atomic E-state index is 12.3. The Morgan fingerprint density at radius 1 is 1.33 bits per heavy atom. The van der Waals surface area contributed by atoms with E-state index in [0.29, 0.717) is 25.9 Å². The number of carboxylic acids is 1. The van der Waals surface area contributed by atoms with Crippen LogP contribution in [0.15, 0.2) is 18.3 Å². The Labute approximate surface area is 139 Å². The van der Waals surface area contributed by atoms with Gasteiger partial charge in [0.05, 0.1) is 30.3 Å². The van der Waals surface area contributed by atoms with Crippen LogP contribution in [0.3, 0.4) is 0 Å². The van der Waals surface area contributed by atoms with E-state index >= 15 is 0 Å². The largest absolute Gasteiger partial charge is 0.481 e. The van der Waals surface area contributed by atoms with Crippen LogP contribution in [0.4, 0.5) is 0 Å². The van der Waals surface area contributed by atoms with Gasteiger partial charge in [-0.1, -0.05) is 12.2 Å². The molecule has 2 aromatic heterocycles. The first-order chi connectivity index (χ1) is 11.5. The maximum atomic E-state index is 12.3. The van der Waals surface area contributed by atoms with Gasteiger partial charge in [-0.25, -0.2) is 0 Å². The predicted molar refractivity (Wildman–Crippen MR) is 87.2 cm³/mol. The number of nitrogens with one attached hydrogen (secondary N) is 1. The molecule has 1 aliphatic rings. The molecular weight excluding hydrogens is 310 g/mol. The zero-order chi connectivity index (χ0) is 17.3. The van der Waals surface area contributed by atoms with E-state index in [1.165, 1.54) is 0 Å². The van der Waals surface area contributed by atoms with Crippen LogP contribution in [0.1, 0.15) is 18.5 Å². The number of nitrogens with zero attached hydrogens (tertiary/aromatic N) is 4. The van der Waals surface area contributed by atoms with Gasteiger partial charge < -0.3 is 10.4 Å². The third kappa shape index (κ3) is 2.91. The van der Waals surface area contributed by atoms with Gasteiger partial charge in [0, 0.05) is 13.6 Å². The van der Waals surface area contributed by atoms with Gasteiger partial charge in [-0.3, -0.25) is 19.0 Å². The normalized spacial score (nSPS) is 20.4. The van der Waals surface area contributed by atoms with Crippen molar-refractivity contribution in [2.24, 2.45) is 18.9 Å². The fraction of sp³-hybridized carbons (Fsp3) is 0.500. The van der Waals surface area contributed by atoms with Crippen molar-refractivity contribution in [3.63, 3.8) is 0 Å². The molecule has 24 heavy (non-hydrogen) atoms.